The highest BCUT2D eigenvalue weighted by Gasteiger charge is 2.39. The molecule has 0 radical (unpaired) electrons. The fourth-order valence-electron chi connectivity index (χ4n) is 4.31. The van der Waals surface area contributed by atoms with E-state index in [-0.39, 0.29) is 18.5 Å². The fourth-order valence-corrected chi connectivity index (χ4v) is 4.78. The topological polar surface area (TPSA) is 114 Å². The van der Waals surface area contributed by atoms with Gasteiger partial charge in [-0.25, -0.2) is 4.79 Å². The Labute approximate surface area is 244 Å². The number of amides is 3. The van der Waals surface area contributed by atoms with Crippen molar-refractivity contribution in [3.8, 4) is 0 Å². The molecule has 0 aromatic heterocycles. The van der Waals surface area contributed by atoms with Crippen molar-refractivity contribution in [2.24, 2.45) is 5.92 Å². The molecule has 0 fully saturated rings. The van der Waals surface area contributed by atoms with Crippen LogP contribution >= 0.6 is 11.8 Å². The molecule has 3 atom stereocenters. The lowest BCUT2D eigenvalue weighted by Gasteiger charge is -2.39. The SMILES string of the molecule is COC(=O)CNC(=O)C(c1ccc(C)cc1C)N(C(=O)C(CCSC)NC(=O)OC(C)(C)C)C(C)CCC(C)C. The highest BCUT2D eigenvalue weighted by atomic mass is 32.2. The molecule has 2 N–H and O–H groups in total. The second-order valence-corrected chi connectivity index (χ2v) is 12.6. The van der Waals surface area contributed by atoms with Gasteiger partial charge in [-0.05, 0) is 89.9 Å². The Morgan fingerprint density at radius 3 is 2.20 bits per heavy atom. The third-order valence-corrected chi connectivity index (χ3v) is 7.02. The normalized spacial score (nSPS) is 13.7. The molecular formula is C30H49N3O6S. The van der Waals surface area contributed by atoms with Crippen LogP contribution in [-0.4, -0.2) is 72.1 Å². The van der Waals surface area contributed by atoms with Gasteiger partial charge in [-0.15, -0.1) is 0 Å². The summed E-state index contributed by atoms with van der Waals surface area (Å²) in [7, 11) is 1.25. The van der Waals surface area contributed by atoms with Crippen LogP contribution in [0.4, 0.5) is 4.79 Å². The second-order valence-electron chi connectivity index (χ2n) is 11.6. The summed E-state index contributed by atoms with van der Waals surface area (Å²) >= 11 is 1.56. The molecule has 9 nitrogen and oxygen atoms in total. The van der Waals surface area contributed by atoms with E-state index in [4.69, 9.17) is 9.47 Å². The molecule has 1 rings (SSSR count). The van der Waals surface area contributed by atoms with Crippen molar-refractivity contribution in [1.29, 1.82) is 0 Å². The van der Waals surface area contributed by atoms with Gasteiger partial charge in [0.2, 0.25) is 11.8 Å². The molecule has 0 heterocycles. The maximum absolute atomic E-state index is 14.4. The van der Waals surface area contributed by atoms with Gasteiger partial charge in [0.15, 0.2) is 0 Å². The molecule has 10 heteroatoms. The molecule has 1 aromatic carbocycles. The van der Waals surface area contributed by atoms with E-state index in [0.717, 1.165) is 17.5 Å². The molecule has 0 aliphatic rings. The minimum Gasteiger partial charge on any atom is -0.468 e. The number of nitrogens with one attached hydrogen (secondary N) is 2. The largest absolute Gasteiger partial charge is 0.468 e. The maximum Gasteiger partial charge on any atom is 0.408 e. The van der Waals surface area contributed by atoms with Crippen molar-refractivity contribution >= 4 is 35.6 Å². The van der Waals surface area contributed by atoms with Crippen LogP contribution in [0, 0.1) is 19.8 Å². The van der Waals surface area contributed by atoms with Gasteiger partial charge in [-0.1, -0.05) is 37.6 Å². The van der Waals surface area contributed by atoms with Crippen molar-refractivity contribution < 1.29 is 28.7 Å². The van der Waals surface area contributed by atoms with Crippen molar-refractivity contribution in [2.75, 3.05) is 25.7 Å². The first kappa shape index (κ1) is 35.3. The number of rotatable bonds is 14. The Morgan fingerprint density at radius 1 is 1.02 bits per heavy atom. The van der Waals surface area contributed by atoms with E-state index >= 15 is 0 Å². The van der Waals surface area contributed by atoms with Crippen molar-refractivity contribution in [2.45, 2.75) is 98.4 Å². The molecule has 0 saturated heterocycles. The predicted octanol–water partition coefficient (Wildman–Crippen LogP) is 4.93. The highest BCUT2D eigenvalue weighted by molar-refractivity contribution is 7.98. The fraction of sp³-hybridized carbons (Fsp3) is 0.667. The van der Waals surface area contributed by atoms with Crippen LogP contribution in [0.3, 0.4) is 0 Å². The second kappa shape index (κ2) is 16.5. The summed E-state index contributed by atoms with van der Waals surface area (Å²) in [6.45, 7) is 14.9. The lowest BCUT2D eigenvalue weighted by Crippen LogP contribution is -2.56. The number of hydrogen-bond donors (Lipinski definition) is 2. The summed E-state index contributed by atoms with van der Waals surface area (Å²) in [4.78, 5) is 54.4. The number of alkyl carbamates (subject to hydrolysis) is 1. The third kappa shape index (κ3) is 11.8. The zero-order chi connectivity index (χ0) is 30.6. The zero-order valence-corrected chi connectivity index (χ0v) is 26.7. The third-order valence-electron chi connectivity index (χ3n) is 6.37. The number of methoxy groups -OCH3 is 1. The standard InChI is InChI=1S/C30H49N3O6S/c1-19(2)11-13-22(5)33(28(36)24(15-16-40-10)32-29(37)39-30(6,7)8)26(27(35)31-18-25(34)38-9)23-14-12-20(3)17-21(23)4/h12,14,17,19,22,24,26H,11,13,15-16,18H2,1-10H3,(H,31,35)(H,32,37). The molecule has 0 aliphatic carbocycles. The highest BCUT2D eigenvalue weighted by Crippen LogP contribution is 2.30. The van der Waals surface area contributed by atoms with Crippen LogP contribution in [-0.2, 0) is 23.9 Å². The monoisotopic (exact) mass is 579 g/mol. The van der Waals surface area contributed by atoms with Crippen molar-refractivity contribution in [1.82, 2.24) is 15.5 Å². The van der Waals surface area contributed by atoms with Gasteiger partial charge in [0, 0.05) is 6.04 Å². The first-order valence-corrected chi connectivity index (χ1v) is 15.2. The predicted molar refractivity (Wildman–Crippen MR) is 160 cm³/mol. The number of ether oxygens (including phenoxy) is 2. The first-order chi connectivity index (χ1) is 18.6. The summed E-state index contributed by atoms with van der Waals surface area (Å²) in [6.07, 6.45) is 3.08. The van der Waals surface area contributed by atoms with E-state index in [0.29, 0.717) is 30.1 Å². The minimum atomic E-state index is -1.03. The lowest BCUT2D eigenvalue weighted by molar-refractivity contribution is -0.146. The summed E-state index contributed by atoms with van der Waals surface area (Å²) < 4.78 is 10.2. The van der Waals surface area contributed by atoms with Crippen LogP contribution in [0.5, 0.6) is 0 Å². The minimum absolute atomic E-state index is 0.328. The number of benzene rings is 1. The molecular weight excluding hydrogens is 530 g/mol. The molecule has 0 bridgehead atoms. The smallest absolute Gasteiger partial charge is 0.408 e. The van der Waals surface area contributed by atoms with Gasteiger partial charge in [0.25, 0.3) is 0 Å². The van der Waals surface area contributed by atoms with Crippen molar-refractivity contribution in [3.63, 3.8) is 0 Å². The summed E-state index contributed by atoms with van der Waals surface area (Å²) in [5.41, 5.74) is 1.77. The molecule has 0 aliphatic heterocycles. The number of thioether (sulfide) groups is 1. The molecule has 3 amide bonds. The number of aryl methyl sites for hydroxylation is 2. The zero-order valence-electron chi connectivity index (χ0n) is 25.9. The van der Waals surface area contributed by atoms with Crippen LogP contribution < -0.4 is 10.6 Å². The van der Waals surface area contributed by atoms with Gasteiger partial charge in [0.1, 0.15) is 24.2 Å². The molecule has 40 heavy (non-hydrogen) atoms. The van der Waals surface area contributed by atoms with Crippen LogP contribution in [0.2, 0.25) is 0 Å². The number of esters is 1. The van der Waals surface area contributed by atoms with E-state index in [9.17, 15) is 19.2 Å². The van der Waals surface area contributed by atoms with Crippen molar-refractivity contribution in [3.05, 3.63) is 34.9 Å². The Balaban J connectivity index is 3.67. The average molecular weight is 580 g/mol. The van der Waals surface area contributed by atoms with E-state index < -0.39 is 35.7 Å². The van der Waals surface area contributed by atoms with E-state index in [2.05, 4.69) is 24.5 Å². The molecule has 226 valence electrons. The molecule has 1 aromatic rings. The molecule has 3 unspecified atom stereocenters. The van der Waals surface area contributed by atoms with Gasteiger partial charge >= 0.3 is 12.1 Å². The summed E-state index contributed by atoms with van der Waals surface area (Å²) in [5, 5.41) is 5.42. The van der Waals surface area contributed by atoms with Crippen LogP contribution in [0.25, 0.3) is 0 Å². The Kier molecular flexibility index (Phi) is 14.6. The Hall–Kier alpha value is -2.75. The summed E-state index contributed by atoms with van der Waals surface area (Å²) in [6, 6.07) is 3.42. The first-order valence-electron chi connectivity index (χ1n) is 13.8. The molecule has 0 spiro atoms. The Morgan fingerprint density at radius 2 is 1.68 bits per heavy atom. The van der Waals surface area contributed by atoms with Crippen LogP contribution in [0.15, 0.2) is 18.2 Å². The van der Waals surface area contributed by atoms with Gasteiger partial charge < -0.3 is 25.0 Å². The van der Waals surface area contributed by atoms with Crippen LogP contribution in [0.1, 0.15) is 83.5 Å². The average Bonchev–Trinajstić information content (AvgIpc) is 2.85. The maximum atomic E-state index is 14.4. The van der Waals surface area contributed by atoms with E-state index in [1.165, 1.54) is 7.11 Å². The number of nitrogens with zero attached hydrogens (tertiary/aromatic N) is 1. The number of hydrogen-bond acceptors (Lipinski definition) is 7. The van der Waals surface area contributed by atoms with Gasteiger partial charge in [-0.3, -0.25) is 14.4 Å². The number of carbonyl (C=O) groups is 4. The quantitative estimate of drug-likeness (QED) is 0.300. The summed E-state index contributed by atoms with van der Waals surface area (Å²) in [5.74, 6) is -0.469. The lowest BCUT2D eigenvalue weighted by atomic mass is 9.93. The van der Waals surface area contributed by atoms with E-state index in [1.807, 2.05) is 45.2 Å². The number of carbonyl (C=O) groups excluding carboxylic acids is 4. The van der Waals surface area contributed by atoms with E-state index in [1.54, 1.807) is 37.4 Å². The Bertz CT molecular complexity index is 1010. The van der Waals surface area contributed by atoms with Gasteiger partial charge in [0.05, 0.1) is 7.11 Å². The molecule has 0 saturated carbocycles. The van der Waals surface area contributed by atoms with Gasteiger partial charge in [-0.2, -0.15) is 11.8 Å².